The number of halogens is 2. The van der Waals surface area contributed by atoms with E-state index in [-0.39, 0.29) is 11.7 Å². The number of hydrogen-bond acceptors (Lipinski definition) is 3. The highest BCUT2D eigenvalue weighted by Crippen LogP contribution is 2.18. The second-order valence-corrected chi connectivity index (χ2v) is 5.94. The van der Waals surface area contributed by atoms with Crippen LogP contribution in [0.4, 0.5) is 21.6 Å². The van der Waals surface area contributed by atoms with Gasteiger partial charge in [-0.1, -0.05) is 22.0 Å². The molecule has 2 N–H and O–H groups in total. The minimum atomic E-state index is -0.298. The normalized spacial score (nSPS) is 10.2. The number of hydrogen-bond donors (Lipinski definition) is 2. The summed E-state index contributed by atoms with van der Waals surface area (Å²) in [5.41, 5.74) is 1.86. The van der Waals surface area contributed by atoms with E-state index in [0.29, 0.717) is 17.1 Å². The zero-order valence-electron chi connectivity index (χ0n) is 12.5. The first-order chi connectivity index (χ1) is 11.6. The van der Waals surface area contributed by atoms with Crippen molar-refractivity contribution in [2.24, 2.45) is 0 Å². The van der Waals surface area contributed by atoms with E-state index in [4.69, 9.17) is 0 Å². The Morgan fingerprint density at radius 3 is 2.46 bits per heavy atom. The molecule has 0 saturated heterocycles. The molecule has 2 aromatic carbocycles. The highest BCUT2D eigenvalue weighted by atomic mass is 79.9. The molecule has 0 aliphatic heterocycles. The summed E-state index contributed by atoms with van der Waals surface area (Å²) in [4.78, 5) is 16.4. The molecule has 120 valence electrons. The lowest BCUT2D eigenvalue weighted by Crippen LogP contribution is -2.12. The SMILES string of the molecule is O=C(Nc1cccc(Br)c1)c1ccc(Nc2ccc(F)cc2)nc1. The molecule has 0 unspecified atom stereocenters. The van der Waals surface area contributed by atoms with E-state index < -0.39 is 0 Å². The summed E-state index contributed by atoms with van der Waals surface area (Å²) in [5, 5.41) is 5.84. The largest absolute Gasteiger partial charge is 0.340 e. The van der Waals surface area contributed by atoms with Crippen LogP contribution in [-0.2, 0) is 0 Å². The van der Waals surface area contributed by atoms with Crippen LogP contribution in [0.15, 0.2) is 71.3 Å². The van der Waals surface area contributed by atoms with Gasteiger partial charge in [0.2, 0.25) is 0 Å². The number of carbonyl (C=O) groups excluding carboxylic acids is 1. The lowest BCUT2D eigenvalue weighted by Gasteiger charge is -2.08. The van der Waals surface area contributed by atoms with Gasteiger partial charge in [0.15, 0.2) is 0 Å². The van der Waals surface area contributed by atoms with Crippen LogP contribution in [-0.4, -0.2) is 10.9 Å². The topological polar surface area (TPSA) is 54.0 Å². The third-order valence-electron chi connectivity index (χ3n) is 3.22. The molecule has 24 heavy (non-hydrogen) atoms. The first-order valence-corrected chi connectivity index (χ1v) is 7.95. The molecular weight excluding hydrogens is 373 g/mol. The molecular formula is C18H13BrFN3O. The second kappa shape index (κ2) is 7.23. The van der Waals surface area contributed by atoms with Crippen LogP contribution >= 0.6 is 15.9 Å². The van der Waals surface area contributed by atoms with Crippen LogP contribution in [0.3, 0.4) is 0 Å². The molecule has 4 nitrogen and oxygen atoms in total. The average molecular weight is 386 g/mol. The lowest BCUT2D eigenvalue weighted by atomic mass is 10.2. The number of nitrogens with zero attached hydrogens (tertiary/aromatic N) is 1. The number of anilines is 3. The Kier molecular flexibility index (Phi) is 4.86. The Labute approximate surface area is 146 Å². The van der Waals surface area contributed by atoms with Gasteiger partial charge in [-0.25, -0.2) is 9.37 Å². The maximum atomic E-state index is 12.9. The number of pyridine rings is 1. The highest BCUT2D eigenvalue weighted by Gasteiger charge is 2.07. The van der Waals surface area contributed by atoms with E-state index in [2.05, 4.69) is 31.5 Å². The van der Waals surface area contributed by atoms with Gasteiger partial charge in [-0.3, -0.25) is 4.79 Å². The molecule has 6 heteroatoms. The van der Waals surface area contributed by atoms with Gasteiger partial charge < -0.3 is 10.6 Å². The van der Waals surface area contributed by atoms with Gasteiger partial charge in [0.05, 0.1) is 5.56 Å². The molecule has 0 bridgehead atoms. The summed E-state index contributed by atoms with van der Waals surface area (Å²) < 4.78 is 13.8. The van der Waals surface area contributed by atoms with Gasteiger partial charge in [0, 0.05) is 22.0 Å². The first kappa shape index (κ1) is 16.1. The van der Waals surface area contributed by atoms with Crippen molar-refractivity contribution in [3.63, 3.8) is 0 Å². The molecule has 0 atom stereocenters. The van der Waals surface area contributed by atoms with Gasteiger partial charge in [0.25, 0.3) is 5.91 Å². The summed E-state index contributed by atoms with van der Waals surface area (Å²) in [6.07, 6.45) is 1.49. The molecule has 0 aliphatic carbocycles. The molecule has 0 radical (unpaired) electrons. The molecule has 0 spiro atoms. The highest BCUT2D eigenvalue weighted by molar-refractivity contribution is 9.10. The molecule has 1 aromatic heterocycles. The Bertz CT molecular complexity index is 851. The van der Waals surface area contributed by atoms with Crippen LogP contribution in [0.1, 0.15) is 10.4 Å². The predicted molar refractivity (Wildman–Crippen MR) is 96.0 cm³/mol. The van der Waals surface area contributed by atoms with Crippen LogP contribution in [0.25, 0.3) is 0 Å². The number of carbonyl (C=O) groups is 1. The zero-order valence-corrected chi connectivity index (χ0v) is 14.0. The molecule has 1 amide bonds. The van der Waals surface area contributed by atoms with Gasteiger partial charge in [-0.05, 0) is 54.6 Å². The number of aromatic nitrogens is 1. The maximum Gasteiger partial charge on any atom is 0.257 e. The van der Waals surface area contributed by atoms with E-state index in [1.54, 1.807) is 30.3 Å². The van der Waals surface area contributed by atoms with Crippen molar-refractivity contribution in [3.8, 4) is 0 Å². The predicted octanol–water partition coefficient (Wildman–Crippen LogP) is 4.98. The first-order valence-electron chi connectivity index (χ1n) is 7.16. The second-order valence-electron chi connectivity index (χ2n) is 5.03. The van der Waals surface area contributed by atoms with Crippen molar-refractivity contribution < 1.29 is 9.18 Å². The summed E-state index contributed by atoms with van der Waals surface area (Å²) in [5.74, 6) is 0.0302. The fourth-order valence-electron chi connectivity index (χ4n) is 2.05. The van der Waals surface area contributed by atoms with E-state index in [0.717, 1.165) is 10.2 Å². The molecule has 0 aliphatic rings. The van der Waals surface area contributed by atoms with Crippen LogP contribution < -0.4 is 10.6 Å². The fourth-order valence-corrected chi connectivity index (χ4v) is 2.45. The van der Waals surface area contributed by atoms with E-state index in [9.17, 15) is 9.18 Å². The Morgan fingerprint density at radius 1 is 1.00 bits per heavy atom. The van der Waals surface area contributed by atoms with Crippen molar-refractivity contribution >= 4 is 39.0 Å². The van der Waals surface area contributed by atoms with Crippen LogP contribution in [0.5, 0.6) is 0 Å². The Hall–Kier alpha value is -2.73. The summed E-state index contributed by atoms with van der Waals surface area (Å²) in [6.45, 7) is 0. The van der Waals surface area contributed by atoms with Crippen molar-refractivity contribution in [2.45, 2.75) is 0 Å². The molecule has 3 aromatic rings. The van der Waals surface area contributed by atoms with Crippen LogP contribution in [0, 0.1) is 5.82 Å². The number of amides is 1. The quantitative estimate of drug-likeness (QED) is 0.665. The van der Waals surface area contributed by atoms with Crippen molar-refractivity contribution in [1.29, 1.82) is 0 Å². The number of nitrogens with one attached hydrogen (secondary N) is 2. The van der Waals surface area contributed by atoms with Gasteiger partial charge >= 0.3 is 0 Å². The molecule has 0 fully saturated rings. The smallest absolute Gasteiger partial charge is 0.257 e. The standard InChI is InChI=1S/C18H13BrFN3O/c19-13-2-1-3-16(10-13)23-18(24)12-4-9-17(21-11-12)22-15-7-5-14(20)6-8-15/h1-11H,(H,21,22)(H,23,24). The minimum absolute atomic E-state index is 0.242. The van der Waals surface area contributed by atoms with Crippen molar-refractivity contribution in [3.05, 3.63) is 82.7 Å². The maximum absolute atomic E-state index is 12.9. The van der Waals surface area contributed by atoms with Gasteiger partial charge in [-0.2, -0.15) is 0 Å². The monoisotopic (exact) mass is 385 g/mol. The van der Waals surface area contributed by atoms with Gasteiger partial charge in [-0.15, -0.1) is 0 Å². The zero-order chi connectivity index (χ0) is 16.9. The minimum Gasteiger partial charge on any atom is -0.340 e. The molecule has 0 saturated carbocycles. The van der Waals surface area contributed by atoms with E-state index >= 15 is 0 Å². The number of benzene rings is 2. The third kappa shape index (κ3) is 4.17. The van der Waals surface area contributed by atoms with Crippen molar-refractivity contribution in [1.82, 2.24) is 4.98 Å². The summed E-state index contributed by atoms with van der Waals surface area (Å²) in [6, 6.07) is 16.7. The number of rotatable bonds is 4. The summed E-state index contributed by atoms with van der Waals surface area (Å²) in [7, 11) is 0. The van der Waals surface area contributed by atoms with E-state index in [1.165, 1.54) is 18.3 Å². The van der Waals surface area contributed by atoms with Gasteiger partial charge in [0.1, 0.15) is 11.6 Å². The summed E-state index contributed by atoms with van der Waals surface area (Å²) >= 11 is 3.36. The van der Waals surface area contributed by atoms with Crippen LogP contribution in [0.2, 0.25) is 0 Å². The fraction of sp³-hybridized carbons (Fsp3) is 0. The average Bonchev–Trinajstić information content (AvgIpc) is 2.57. The molecule has 1 heterocycles. The van der Waals surface area contributed by atoms with Crippen molar-refractivity contribution in [2.75, 3.05) is 10.6 Å². The van der Waals surface area contributed by atoms with E-state index in [1.807, 2.05) is 18.2 Å². The lowest BCUT2D eigenvalue weighted by molar-refractivity contribution is 0.102. The Morgan fingerprint density at radius 2 is 1.79 bits per heavy atom. The molecule has 3 rings (SSSR count). The third-order valence-corrected chi connectivity index (χ3v) is 3.72. The Balaban J connectivity index is 1.67.